The standard InChI is InChI=1S/C12H14F3N3O2S/c1-2-3-6-21(19,20)18-8-4-5-10-9(7-8)11(17-16-10)12(13,14)15/h4-5,7,18H,2-3,6H2,1H3,(H,16,17). The number of hydrogen-bond acceptors (Lipinski definition) is 3. The molecule has 0 atom stereocenters. The Hall–Kier alpha value is -1.77. The van der Waals surface area contributed by atoms with E-state index in [4.69, 9.17) is 0 Å². The Morgan fingerprint density at radius 3 is 2.67 bits per heavy atom. The summed E-state index contributed by atoms with van der Waals surface area (Å²) in [4.78, 5) is 0. The molecule has 2 N–H and O–H groups in total. The molecule has 2 rings (SSSR count). The van der Waals surface area contributed by atoms with E-state index >= 15 is 0 Å². The van der Waals surface area contributed by atoms with Crippen LogP contribution in [0.3, 0.4) is 0 Å². The number of alkyl halides is 3. The fourth-order valence-corrected chi connectivity index (χ4v) is 3.12. The molecule has 0 saturated carbocycles. The molecular formula is C12H14F3N3O2S. The maximum atomic E-state index is 12.8. The van der Waals surface area contributed by atoms with Crippen LogP contribution >= 0.6 is 0 Å². The zero-order valence-corrected chi connectivity index (χ0v) is 12.0. The summed E-state index contributed by atoms with van der Waals surface area (Å²) in [7, 11) is -3.56. The normalized spacial score (nSPS) is 12.8. The van der Waals surface area contributed by atoms with E-state index in [0.717, 1.165) is 6.07 Å². The Labute approximate surface area is 119 Å². The summed E-state index contributed by atoms with van der Waals surface area (Å²) < 4.78 is 64.1. The van der Waals surface area contributed by atoms with Crippen molar-refractivity contribution in [3.8, 4) is 0 Å². The van der Waals surface area contributed by atoms with E-state index in [2.05, 4.69) is 14.9 Å². The number of nitrogens with zero attached hydrogens (tertiary/aromatic N) is 1. The van der Waals surface area contributed by atoms with Crippen molar-refractivity contribution in [3.63, 3.8) is 0 Å². The summed E-state index contributed by atoms with van der Waals surface area (Å²) in [6, 6.07) is 3.88. The van der Waals surface area contributed by atoms with Crippen molar-refractivity contribution in [1.82, 2.24) is 10.2 Å². The van der Waals surface area contributed by atoms with Crippen molar-refractivity contribution in [2.45, 2.75) is 25.9 Å². The first-order valence-electron chi connectivity index (χ1n) is 6.29. The molecule has 0 amide bonds. The molecule has 0 aliphatic rings. The zero-order valence-electron chi connectivity index (χ0n) is 11.2. The van der Waals surface area contributed by atoms with Gasteiger partial charge >= 0.3 is 6.18 Å². The molecule has 21 heavy (non-hydrogen) atoms. The molecular weight excluding hydrogens is 307 g/mol. The van der Waals surface area contributed by atoms with Crippen LogP contribution in [-0.2, 0) is 16.2 Å². The Morgan fingerprint density at radius 1 is 1.33 bits per heavy atom. The number of sulfonamides is 1. The first-order valence-corrected chi connectivity index (χ1v) is 7.94. The topological polar surface area (TPSA) is 74.8 Å². The van der Waals surface area contributed by atoms with Crippen molar-refractivity contribution >= 4 is 26.6 Å². The van der Waals surface area contributed by atoms with Crippen LogP contribution < -0.4 is 4.72 Å². The first kappa shape index (κ1) is 15.6. The van der Waals surface area contributed by atoms with E-state index in [0.29, 0.717) is 12.8 Å². The van der Waals surface area contributed by atoms with Gasteiger partial charge in [-0.1, -0.05) is 13.3 Å². The SMILES string of the molecule is CCCCS(=O)(=O)Nc1ccc2[nH]nc(C(F)(F)F)c2c1. The zero-order chi connectivity index (χ0) is 15.7. The van der Waals surface area contributed by atoms with Gasteiger partial charge in [0.2, 0.25) is 10.0 Å². The number of benzene rings is 1. The number of H-pyrrole nitrogens is 1. The highest BCUT2D eigenvalue weighted by Crippen LogP contribution is 2.34. The largest absolute Gasteiger partial charge is 0.435 e. The van der Waals surface area contributed by atoms with Gasteiger partial charge < -0.3 is 0 Å². The van der Waals surface area contributed by atoms with E-state index in [-0.39, 0.29) is 22.3 Å². The van der Waals surface area contributed by atoms with E-state index in [1.54, 1.807) is 0 Å². The summed E-state index contributed by atoms with van der Waals surface area (Å²) in [5.74, 6) is -0.0704. The molecule has 2 aromatic rings. The minimum atomic E-state index is -4.60. The van der Waals surface area contributed by atoms with Gasteiger partial charge in [-0.2, -0.15) is 18.3 Å². The van der Waals surface area contributed by atoms with E-state index < -0.39 is 21.9 Å². The fraction of sp³-hybridized carbons (Fsp3) is 0.417. The molecule has 1 aromatic heterocycles. The van der Waals surface area contributed by atoms with Crippen LogP contribution in [0.15, 0.2) is 18.2 Å². The Morgan fingerprint density at radius 2 is 2.05 bits per heavy atom. The van der Waals surface area contributed by atoms with E-state index in [9.17, 15) is 21.6 Å². The smallest absolute Gasteiger partial charge is 0.284 e. The average molecular weight is 321 g/mol. The molecule has 0 fully saturated rings. The molecule has 116 valence electrons. The summed E-state index contributed by atoms with van der Waals surface area (Å²) in [6.07, 6.45) is -3.41. The number of nitrogens with one attached hydrogen (secondary N) is 2. The van der Waals surface area contributed by atoms with Crippen molar-refractivity contribution < 1.29 is 21.6 Å². The third-order valence-electron chi connectivity index (χ3n) is 2.87. The maximum Gasteiger partial charge on any atom is 0.435 e. The number of hydrogen-bond donors (Lipinski definition) is 2. The quantitative estimate of drug-likeness (QED) is 0.888. The van der Waals surface area contributed by atoms with Crippen molar-refractivity contribution in [2.75, 3.05) is 10.5 Å². The summed E-state index contributed by atoms with van der Waals surface area (Å²) in [5.41, 5.74) is -0.781. The van der Waals surface area contributed by atoms with Gasteiger partial charge in [-0.15, -0.1) is 0 Å². The van der Waals surface area contributed by atoms with E-state index in [1.807, 2.05) is 6.92 Å². The number of aromatic amines is 1. The predicted molar refractivity (Wildman–Crippen MR) is 73.4 cm³/mol. The lowest BCUT2D eigenvalue weighted by Gasteiger charge is -2.08. The minimum Gasteiger partial charge on any atom is -0.284 e. The number of aromatic nitrogens is 2. The Bertz CT molecular complexity index is 738. The van der Waals surface area contributed by atoms with Gasteiger partial charge in [0, 0.05) is 11.1 Å². The first-order chi connectivity index (χ1) is 9.73. The lowest BCUT2D eigenvalue weighted by atomic mass is 10.2. The van der Waals surface area contributed by atoms with Gasteiger partial charge in [-0.05, 0) is 24.6 Å². The lowest BCUT2D eigenvalue weighted by Crippen LogP contribution is -2.16. The van der Waals surface area contributed by atoms with Gasteiger partial charge in [0.05, 0.1) is 11.3 Å². The van der Waals surface area contributed by atoms with Gasteiger partial charge in [0.25, 0.3) is 0 Å². The second kappa shape index (κ2) is 5.55. The summed E-state index contributed by atoms with van der Waals surface area (Å²) in [5, 5.41) is 5.33. The lowest BCUT2D eigenvalue weighted by molar-refractivity contribution is -0.139. The monoisotopic (exact) mass is 321 g/mol. The van der Waals surface area contributed by atoms with Crippen molar-refractivity contribution in [2.24, 2.45) is 0 Å². The van der Waals surface area contributed by atoms with Crippen LogP contribution in [0, 0.1) is 0 Å². The molecule has 0 spiro atoms. The number of halogens is 3. The van der Waals surface area contributed by atoms with Crippen LogP contribution in [0.5, 0.6) is 0 Å². The highest BCUT2D eigenvalue weighted by Gasteiger charge is 2.35. The van der Waals surface area contributed by atoms with Crippen LogP contribution in [0.25, 0.3) is 10.9 Å². The number of anilines is 1. The van der Waals surface area contributed by atoms with E-state index in [1.165, 1.54) is 12.1 Å². The van der Waals surface area contributed by atoms with Gasteiger partial charge in [0.1, 0.15) is 0 Å². The average Bonchev–Trinajstić information content (AvgIpc) is 2.78. The molecule has 5 nitrogen and oxygen atoms in total. The third-order valence-corrected chi connectivity index (χ3v) is 4.24. The Kier molecular flexibility index (Phi) is 4.13. The molecule has 0 unspecified atom stereocenters. The molecule has 0 bridgehead atoms. The number of unbranched alkanes of at least 4 members (excludes halogenated alkanes) is 1. The molecule has 1 heterocycles. The van der Waals surface area contributed by atoms with Crippen LogP contribution in [0.2, 0.25) is 0 Å². The Balaban J connectivity index is 2.34. The number of fused-ring (bicyclic) bond motifs is 1. The molecule has 0 aliphatic carbocycles. The molecule has 0 radical (unpaired) electrons. The van der Waals surface area contributed by atoms with Crippen LogP contribution in [0.4, 0.5) is 18.9 Å². The third kappa shape index (κ3) is 3.66. The second-order valence-electron chi connectivity index (χ2n) is 4.60. The molecule has 0 saturated heterocycles. The van der Waals surface area contributed by atoms with Crippen LogP contribution in [0.1, 0.15) is 25.5 Å². The van der Waals surface area contributed by atoms with Gasteiger partial charge in [-0.3, -0.25) is 9.82 Å². The molecule has 1 aromatic carbocycles. The predicted octanol–water partition coefficient (Wildman–Crippen LogP) is 3.12. The second-order valence-corrected chi connectivity index (χ2v) is 6.45. The summed E-state index contributed by atoms with van der Waals surface area (Å²) in [6.45, 7) is 1.85. The number of rotatable bonds is 5. The fourth-order valence-electron chi connectivity index (χ4n) is 1.86. The summed E-state index contributed by atoms with van der Waals surface area (Å²) >= 11 is 0. The van der Waals surface area contributed by atoms with Gasteiger partial charge in [0.15, 0.2) is 5.69 Å². The van der Waals surface area contributed by atoms with Crippen LogP contribution in [-0.4, -0.2) is 24.4 Å². The minimum absolute atomic E-state index is 0.0704. The van der Waals surface area contributed by atoms with Gasteiger partial charge in [-0.25, -0.2) is 8.42 Å². The highest BCUT2D eigenvalue weighted by molar-refractivity contribution is 7.92. The molecule has 9 heteroatoms. The van der Waals surface area contributed by atoms with Crippen molar-refractivity contribution in [1.29, 1.82) is 0 Å². The highest BCUT2D eigenvalue weighted by atomic mass is 32.2. The maximum absolute atomic E-state index is 12.8. The van der Waals surface area contributed by atoms with Crippen molar-refractivity contribution in [3.05, 3.63) is 23.9 Å². The molecule has 0 aliphatic heterocycles.